The van der Waals surface area contributed by atoms with E-state index in [4.69, 9.17) is 10.9 Å². The molecule has 1 aliphatic carbocycles. The summed E-state index contributed by atoms with van der Waals surface area (Å²) in [6.45, 7) is 0. The smallest absolute Gasteiger partial charge is 0.195 e. The van der Waals surface area contributed by atoms with Crippen molar-refractivity contribution in [2.24, 2.45) is 16.3 Å². The second kappa shape index (κ2) is 4.73. The molecule has 0 spiro atoms. The highest BCUT2D eigenvalue weighted by atomic mass is 32.2. The minimum absolute atomic E-state index is 0.168. The van der Waals surface area contributed by atoms with Crippen molar-refractivity contribution < 1.29 is 5.21 Å². The van der Waals surface area contributed by atoms with Crippen molar-refractivity contribution in [3.63, 3.8) is 0 Å². The van der Waals surface area contributed by atoms with Gasteiger partial charge in [0.15, 0.2) is 10.8 Å². The molecule has 0 amide bonds. The highest BCUT2D eigenvalue weighted by Crippen LogP contribution is 2.51. The zero-order valence-corrected chi connectivity index (χ0v) is 11.2. The molecule has 2 heterocycles. The summed E-state index contributed by atoms with van der Waals surface area (Å²) in [5.41, 5.74) is 6.62. The molecule has 0 aliphatic heterocycles. The molecule has 0 unspecified atom stereocenters. The molecule has 0 saturated heterocycles. The average molecular weight is 277 g/mol. The number of aromatic nitrogens is 3. The molecule has 3 N–H and O–H groups in total. The van der Waals surface area contributed by atoms with Gasteiger partial charge in [-0.05, 0) is 30.4 Å². The van der Waals surface area contributed by atoms with Crippen LogP contribution in [0.2, 0.25) is 0 Å². The van der Waals surface area contributed by atoms with E-state index in [1.54, 1.807) is 11.8 Å². The lowest BCUT2D eigenvalue weighted by Crippen LogP contribution is -2.19. The molecular weight excluding hydrogens is 262 g/mol. The number of nitrogens with zero attached hydrogens (tertiary/aromatic N) is 4. The third kappa shape index (κ3) is 2.51. The van der Waals surface area contributed by atoms with Crippen molar-refractivity contribution in [1.82, 2.24) is 14.6 Å². The van der Waals surface area contributed by atoms with E-state index in [0.29, 0.717) is 12.3 Å². The van der Waals surface area contributed by atoms with Gasteiger partial charge in [-0.2, -0.15) is 0 Å². The van der Waals surface area contributed by atoms with Crippen molar-refractivity contribution in [3.8, 4) is 0 Å². The van der Waals surface area contributed by atoms with E-state index in [1.165, 1.54) is 0 Å². The number of rotatable bonds is 5. The molecule has 3 rings (SSSR count). The SMILES string of the molecule is NC(CC1(CSc2nnc3ccccn23)CC1)=NO. The van der Waals surface area contributed by atoms with Crippen LogP contribution in [-0.2, 0) is 0 Å². The number of amidine groups is 1. The van der Waals surface area contributed by atoms with Crippen LogP contribution in [-0.4, -0.2) is 31.4 Å². The van der Waals surface area contributed by atoms with Gasteiger partial charge < -0.3 is 10.9 Å². The third-order valence-electron chi connectivity index (χ3n) is 3.43. The van der Waals surface area contributed by atoms with Gasteiger partial charge in [-0.1, -0.05) is 23.0 Å². The molecule has 100 valence electrons. The number of hydrogen-bond acceptors (Lipinski definition) is 5. The number of nitrogens with two attached hydrogens (primary N) is 1. The first-order valence-corrected chi connectivity index (χ1v) is 7.10. The Morgan fingerprint density at radius 2 is 2.32 bits per heavy atom. The fourth-order valence-corrected chi connectivity index (χ4v) is 3.32. The van der Waals surface area contributed by atoms with Crippen molar-refractivity contribution in [2.75, 3.05) is 5.75 Å². The maximum absolute atomic E-state index is 8.65. The van der Waals surface area contributed by atoms with E-state index in [-0.39, 0.29) is 5.41 Å². The first kappa shape index (κ1) is 12.3. The number of oxime groups is 1. The minimum atomic E-state index is 0.168. The van der Waals surface area contributed by atoms with E-state index in [9.17, 15) is 0 Å². The molecule has 0 bridgehead atoms. The van der Waals surface area contributed by atoms with Gasteiger partial charge in [-0.25, -0.2) is 0 Å². The number of hydrogen-bond donors (Lipinski definition) is 2. The van der Waals surface area contributed by atoms with Crippen LogP contribution in [0.3, 0.4) is 0 Å². The molecule has 1 fully saturated rings. The summed E-state index contributed by atoms with van der Waals surface area (Å²) in [7, 11) is 0. The van der Waals surface area contributed by atoms with Crippen molar-refractivity contribution in [2.45, 2.75) is 24.4 Å². The van der Waals surface area contributed by atoms with E-state index < -0.39 is 0 Å². The zero-order chi connectivity index (χ0) is 13.3. The lowest BCUT2D eigenvalue weighted by atomic mass is 10.1. The fourth-order valence-electron chi connectivity index (χ4n) is 2.10. The Morgan fingerprint density at radius 1 is 1.47 bits per heavy atom. The summed E-state index contributed by atoms with van der Waals surface area (Å²) < 4.78 is 1.98. The summed E-state index contributed by atoms with van der Waals surface area (Å²) in [6, 6.07) is 5.84. The molecule has 0 aromatic carbocycles. The molecule has 7 heteroatoms. The molecule has 19 heavy (non-hydrogen) atoms. The van der Waals surface area contributed by atoms with Gasteiger partial charge in [0, 0.05) is 18.4 Å². The van der Waals surface area contributed by atoms with Crippen LogP contribution in [0.4, 0.5) is 0 Å². The van der Waals surface area contributed by atoms with Crippen molar-refractivity contribution >= 4 is 23.2 Å². The van der Waals surface area contributed by atoms with Crippen LogP contribution in [0.5, 0.6) is 0 Å². The quantitative estimate of drug-likeness (QED) is 0.286. The molecule has 1 aliphatic rings. The van der Waals surface area contributed by atoms with Gasteiger partial charge in [-0.3, -0.25) is 4.40 Å². The molecule has 6 nitrogen and oxygen atoms in total. The lowest BCUT2D eigenvalue weighted by Gasteiger charge is -2.12. The molecular formula is C12H15N5OS. The first-order valence-electron chi connectivity index (χ1n) is 6.11. The Morgan fingerprint density at radius 3 is 3.05 bits per heavy atom. The third-order valence-corrected chi connectivity index (χ3v) is 4.72. The van der Waals surface area contributed by atoms with Gasteiger partial charge in [0.05, 0.1) is 0 Å². The summed E-state index contributed by atoms with van der Waals surface area (Å²) in [6.07, 6.45) is 4.84. The topological polar surface area (TPSA) is 88.8 Å². The summed E-state index contributed by atoms with van der Waals surface area (Å²) in [5, 5.41) is 20.9. The average Bonchev–Trinajstić information content (AvgIpc) is 3.07. The van der Waals surface area contributed by atoms with Crippen LogP contribution in [0, 0.1) is 5.41 Å². The van der Waals surface area contributed by atoms with E-state index >= 15 is 0 Å². The molecule has 0 atom stereocenters. The highest BCUT2D eigenvalue weighted by molar-refractivity contribution is 7.99. The van der Waals surface area contributed by atoms with E-state index in [0.717, 1.165) is 29.4 Å². The number of thioether (sulfide) groups is 1. The zero-order valence-electron chi connectivity index (χ0n) is 10.4. The lowest BCUT2D eigenvalue weighted by molar-refractivity contribution is 0.315. The maximum Gasteiger partial charge on any atom is 0.195 e. The molecule has 2 aromatic rings. The minimum Gasteiger partial charge on any atom is -0.409 e. The largest absolute Gasteiger partial charge is 0.409 e. The van der Waals surface area contributed by atoms with Gasteiger partial charge >= 0.3 is 0 Å². The highest BCUT2D eigenvalue weighted by Gasteiger charge is 2.43. The second-order valence-corrected chi connectivity index (χ2v) is 5.91. The van der Waals surface area contributed by atoms with Crippen molar-refractivity contribution in [1.29, 1.82) is 0 Å². The monoisotopic (exact) mass is 277 g/mol. The van der Waals surface area contributed by atoms with Crippen LogP contribution < -0.4 is 5.73 Å². The fraction of sp³-hybridized carbons (Fsp3) is 0.417. The first-order chi connectivity index (χ1) is 9.22. The predicted molar refractivity (Wildman–Crippen MR) is 73.4 cm³/mol. The summed E-state index contributed by atoms with van der Waals surface area (Å²) in [4.78, 5) is 0. The Kier molecular flexibility index (Phi) is 3.06. The second-order valence-electron chi connectivity index (χ2n) is 4.97. The Bertz CT molecular complexity index is 619. The van der Waals surface area contributed by atoms with Gasteiger partial charge in [-0.15, -0.1) is 10.2 Å². The maximum atomic E-state index is 8.65. The Labute approximate surface area is 114 Å². The predicted octanol–water partition coefficient (Wildman–Crippen LogP) is 1.74. The summed E-state index contributed by atoms with van der Waals surface area (Å²) in [5.74, 6) is 1.23. The van der Waals surface area contributed by atoms with Gasteiger partial charge in [0.2, 0.25) is 0 Å². The van der Waals surface area contributed by atoms with Gasteiger partial charge in [0.25, 0.3) is 0 Å². The number of pyridine rings is 1. The molecule has 1 saturated carbocycles. The van der Waals surface area contributed by atoms with E-state index in [1.807, 2.05) is 28.8 Å². The van der Waals surface area contributed by atoms with Crippen molar-refractivity contribution in [3.05, 3.63) is 24.4 Å². The van der Waals surface area contributed by atoms with E-state index in [2.05, 4.69) is 15.4 Å². The van der Waals surface area contributed by atoms with Gasteiger partial charge in [0.1, 0.15) is 5.84 Å². The standard InChI is InChI=1S/C12H15N5OS/c13-9(16-18)7-12(4-5-12)8-19-11-15-14-10-3-1-2-6-17(10)11/h1-3,6,18H,4-5,7-8H2,(H2,13,16). The van der Waals surface area contributed by atoms with Crippen LogP contribution in [0.15, 0.2) is 34.7 Å². The molecule has 0 radical (unpaired) electrons. The summed E-state index contributed by atoms with van der Waals surface area (Å²) >= 11 is 1.68. The normalized spacial score (nSPS) is 17.8. The van der Waals surface area contributed by atoms with Crippen LogP contribution in [0.25, 0.3) is 5.65 Å². The Balaban J connectivity index is 1.69. The Hall–Kier alpha value is -1.76. The number of fused-ring (bicyclic) bond motifs is 1. The van der Waals surface area contributed by atoms with Crippen LogP contribution >= 0.6 is 11.8 Å². The van der Waals surface area contributed by atoms with Crippen LogP contribution in [0.1, 0.15) is 19.3 Å². The molecule has 2 aromatic heterocycles.